The molecule has 1 aromatic heterocycles. The molecule has 0 amide bonds. The normalized spacial score (nSPS) is 10.1. The van der Waals surface area contributed by atoms with Gasteiger partial charge < -0.3 is 5.32 Å². The van der Waals surface area contributed by atoms with E-state index in [4.69, 9.17) is 0 Å². The van der Waals surface area contributed by atoms with Crippen LogP contribution in [0, 0.1) is 10.1 Å². The molecule has 1 N–H and O–H groups in total. The largest absolute Gasteiger partial charge is 0.378 e. The number of nitro groups is 1. The number of anilines is 1. The third-order valence-electron chi connectivity index (χ3n) is 2.24. The van der Waals surface area contributed by atoms with Gasteiger partial charge in [-0.1, -0.05) is 0 Å². The van der Waals surface area contributed by atoms with Crippen LogP contribution in [0.1, 0.15) is 5.69 Å². The number of benzene rings is 1. The van der Waals surface area contributed by atoms with Crippen molar-refractivity contribution in [2.45, 2.75) is 6.54 Å². The summed E-state index contributed by atoms with van der Waals surface area (Å²) in [6.07, 6.45) is 4.82. The van der Waals surface area contributed by atoms with Gasteiger partial charge in [0.15, 0.2) is 0 Å². The smallest absolute Gasteiger partial charge is 0.271 e. The van der Waals surface area contributed by atoms with Gasteiger partial charge in [-0.2, -0.15) is 0 Å². The molecule has 0 unspecified atom stereocenters. The lowest BCUT2D eigenvalue weighted by molar-refractivity contribution is -0.384. The Morgan fingerprint density at radius 3 is 2.89 bits per heavy atom. The van der Waals surface area contributed by atoms with Crippen molar-refractivity contribution in [1.29, 1.82) is 0 Å². The lowest BCUT2D eigenvalue weighted by Crippen LogP contribution is -2.03. The Morgan fingerprint density at radius 1 is 1.39 bits per heavy atom. The van der Waals surface area contributed by atoms with Gasteiger partial charge in [0.2, 0.25) is 0 Å². The first kappa shape index (κ1) is 12.4. The minimum absolute atomic E-state index is 0.0415. The summed E-state index contributed by atoms with van der Waals surface area (Å²) in [5.41, 5.74) is 1.45. The number of hydrogen-bond donors (Lipinski definition) is 1. The van der Waals surface area contributed by atoms with Gasteiger partial charge in [-0.3, -0.25) is 20.1 Å². The van der Waals surface area contributed by atoms with Crippen molar-refractivity contribution >= 4 is 27.3 Å². The summed E-state index contributed by atoms with van der Waals surface area (Å²) in [6, 6.07) is 4.55. The first-order valence-electron chi connectivity index (χ1n) is 5.09. The van der Waals surface area contributed by atoms with Crippen molar-refractivity contribution in [3.05, 3.63) is 57.1 Å². The highest BCUT2D eigenvalue weighted by molar-refractivity contribution is 9.10. The second-order valence-corrected chi connectivity index (χ2v) is 4.33. The molecule has 6 nitrogen and oxygen atoms in total. The van der Waals surface area contributed by atoms with E-state index in [-0.39, 0.29) is 5.69 Å². The molecule has 18 heavy (non-hydrogen) atoms. The average Bonchev–Trinajstić information content (AvgIpc) is 2.38. The highest BCUT2D eigenvalue weighted by Crippen LogP contribution is 2.27. The molecule has 0 radical (unpaired) electrons. The fourth-order valence-corrected chi connectivity index (χ4v) is 1.76. The zero-order chi connectivity index (χ0) is 13.0. The van der Waals surface area contributed by atoms with Gasteiger partial charge >= 0.3 is 0 Å². The molecule has 0 atom stereocenters. The van der Waals surface area contributed by atoms with E-state index in [9.17, 15) is 10.1 Å². The standard InChI is InChI=1S/C11H9BrN4O2/c12-10-2-1-9(16(17)18)5-11(10)15-7-8-6-13-3-4-14-8/h1-6,15H,7H2. The zero-order valence-corrected chi connectivity index (χ0v) is 10.8. The maximum absolute atomic E-state index is 10.7. The SMILES string of the molecule is O=[N+]([O-])c1ccc(Br)c(NCc2cnccn2)c1. The van der Waals surface area contributed by atoms with Gasteiger partial charge in [0.05, 0.1) is 29.0 Å². The topological polar surface area (TPSA) is 81.0 Å². The number of nitrogens with one attached hydrogen (secondary N) is 1. The number of aromatic nitrogens is 2. The second kappa shape index (κ2) is 5.54. The van der Waals surface area contributed by atoms with Crippen molar-refractivity contribution < 1.29 is 4.92 Å². The predicted molar refractivity (Wildman–Crippen MR) is 70.2 cm³/mol. The molecule has 2 aromatic rings. The van der Waals surface area contributed by atoms with Gasteiger partial charge in [0, 0.05) is 29.0 Å². The van der Waals surface area contributed by atoms with Crippen molar-refractivity contribution in [2.24, 2.45) is 0 Å². The molecule has 0 bridgehead atoms. The molecule has 7 heteroatoms. The number of halogens is 1. The van der Waals surface area contributed by atoms with Crippen LogP contribution in [0.25, 0.3) is 0 Å². The summed E-state index contributed by atoms with van der Waals surface area (Å²) in [7, 11) is 0. The number of nitrogens with zero attached hydrogens (tertiary/aromatic N) is 3. The molecule has 0 spiro atoms. The molecule has 2 rings (SSSR count). The summed E-state index contributed by atoms with van der Waals surface area (Å²) >= 11 is 3.33. The van der Waals surface area contributed by atoms with Crippen LogP contribution in [0.4, 0.5) is 11.4 Å². The van der Waals surface area contributed by atoms with Crippen LogP contribution >= 0.6 is 15.9 Å². The van der Waals surface area contributed by atoms with E-state index < -0.39 is 4.92 Å². The van der Waals surface area contributed by atoms with E-state index in [1.165, 1.54) is 12.1 Å². The Kier molecular flexibility index (Phi) is 3.83. The number of non-ortho nitro benzene ring substituents is 1. The highest BCUT2D eigenvalue weighted by Gasteiger charge is 2.09. The van der Waals surface area contributed by atoms with Crippen molar-refractivity contribution in [3.63, 3.8) is 0 Å². The number of hydrogen-bond acceptors (Lipinski definition) is 5. The monoisotopic (exact) mass is 308 g/mol. The molecule has 0 aliphatic carbocycles. The highest BCUT2D eigenvalue weighted by atomic mass is 79.9. The van der Waals surface area contributed by atoms with E-state index in [0.29, 0.717) is 12.2 Å². The fraction of sp³-hybridized carbons (Fsp3) is 0.0909. The Bertz CT molecular complexity index is 562. The van der Waals surface area contributed by atoms with Crippen LogP contribution in [-0.2, 0) is 6.54 Å². The third kappa shape index (κ3) is 3.01. The Balaban J connectivity index is 2.14. The molecule has 1 aromatic carbocycles. The van der Waals surface area contributed by atoms with Crippen molar-refractivity contribution in [1.82, 2.24) is 9.97 Å². The Morgan fingerprint density at radius 2 is 2.22 bits per heavy atom. The molecule has 0 aliphatic heterocycles. The van der Waals surface area contributed by atoms with Crippen LogP contribution in [0.5, 0.6) is 0 Å². The minimum atomic E-state index is -0.431. The maximum atomic E-state index is 10.7. The van der Waals surface area contributed by atoms with Crippen LogP contribution in [0.15, 0.2) is 41.3 Å². The summed E-state index contributed by atoms with van der Waals surface area (Å²) < 4.78 is 0.761. The molecule has 0 saturated heterocycles. The first-order valence-corrected chi connectivity index (χ1v) is 5.89. The first-order chi connectivity index (χ1) is 8.66. The van der Waals surface area contributed by atoms with E-state index >= 15 is 0 Å². The maximum Gasteiger partial charge on any atom is 0.271 e. The molecular formula is C11H9BrN4O2. The fourth-order valence-electron chi connectivity index (χ4n) is 1.37. The van der Waals surface area contributed by atoms with E-state index in [1.807, 2.05) is 0 Å². The van der Waals surface area contributed by atoms with Gasteiger partial charge in [0.1, 0.15) is 0 Å². The minimum Gasteiger partial charge on any atom is -0.378 e. The molecule has 1 heterocycles. The van der Waals surface area contributed by atoms with Crippen LogP contribution in [0.3, 0.4) is 0 Å². The Hall–Kier alpha value is -2.02. The quantitative estimate of drug-likeness (QED) is 0.694. The molecule has 92 valence electrons. The lowest BCUT2D eigenvalue weighted by atomic mass is 10.3. The molecule has 0 aliphatic rings. The van der Waals surface area contributed by atoms with Crippen LogP contribution in [-0.4, -0.2) is 14.9 Å². The molecule has 0 fully saturated rings. The van der Waals surface area contributed by atoms with E-state index in [0.717, 1.165) is 10.2 Å². The van der Waals surface area contributed by atoms with E-state index in [2.05, 4.69) is 31.2 Å². The van der Waals surface area contributed by atoms with Gasteiger partial charge in [-0.25, -0.2) is 0 Å². The third-order valence-corrected chi connectivity index (χ3v) is 2.93. The summed E-state index contributed by atoms with van der Waals surface area (Å²) in [6.45, 7) is 0.452. The lowest BCUT2D eigenvalue weighted by Gasteiger charge is -2.07. The van der Waals surface area contributed by atoms with Crippen LogP contribution < -0.4 is 5.32 Å². The van der Waals surface area contributed by atoms with Gasteiger partial charge in [0.25, 0.3) is 5.69 Å². The number of nitro benzene ring substituents is 1. The van der Waals surface area contributed by atoms with E-state index in [1.54, 1.807) is 24.7 Å². The molecular weight excluding hydrogens is 300 g/mol. The average molecular weight is 309 g/mol. The van der Waals surface area contributed by atoms with Gasteiger partial charge in [-0.05, 0) is 22.0 Å². The summed E-state index contributed by atoms with van der Waals surface area (Å²) in [5.74, 6) is 0. The zero-order valence-electron chi connectivity index (χ0n) is 9.21. The Labute approximate surface area is 111 Å². The predicted octanol–water partition coefficient (Wildman–Crippen LogP) is 2.76. The van der Waals surface area contributed by atoms with Gasteiger partial charge in [-0.15, -0.1) is 0 Å². The van der Waals surface area contributed by atoms with Crippen molar-refractivity contribution in [2.75, 3.05) is 5.32 Å². The second-order valence-electron chi connectivity index (χ2n) is 3.47. The molecule has 0 saturated carbocycles. The summed E-state index contributed by atoms with van der Waals surface area (Å²) in [5, 5.41) is 13.7. The van der Waals surface area contributed by atoms with Crippen LogP contribution in [0.2, 0.25) is 0 Å². The van der Waals surface area contributed by atoms with Crippen molar-refractivity contribution in [3.8, 4) is 0 Å². The number of rotatable bonds is 4. The summed E-state index contributed by atoms with van der Waals surface area (Å²) in [4.78, 5) is 18.3.